The van der Waals surface area contributed by atoms with Crippen molar-refractivity contribution in [3.63, 3.8) is 0 Å². The number of rotatable bonds is 47. The third-order valence-corrected chi connectivity index (χ3v) is 11.1. The molecular formula is C58H98O6. The fourth-order valence-corrected chi connectivity index (χ4v) is 7.12. The van der Waals surface area contributed by atoms with E-state index in [0.29, 0.717) is 12.8 Å². The van der Waals surface area contributed by atoms with Crippen LogP contribution in [0.1, 0.15) is 245 Å². The van der Waals surface area contributed by atoms with Crippen LogP contribution < -0.4 is 0 Å². The zero-order valence-electron chi connectivity index (χ0n) is 41.8. The summed E-state index contributed by atoms with van der Waals surface area (Å²) in [5, 5.41) is 0. The minimum absolute atomic E-state index is 0.0995. The van der Waals surface area contributed by atoms with Crippen LogP contribution in [0.15, 0.2) is 85.1 Å². The summed E-state index contributed by atoms with van der Waals surface area (Å²) in [6.07, 6.45) is 67.1. The molecule has 6 nitrogen and oxygen atoms in total. The van der Waals surface area contributed by atoms with Gasteiger partial charge in [-0.2, -0.15) is 0 Å². The van der Waals surface area contributed by atoms with Crippen LogP contribution in [-0.2, 0) is 28.6 Å². The molecular weight excluding hydrogens is 793 g/mol. The molecule has 0 aromatic rings. The Balaban J connectivity index is 4.46. The molecule has 0 heterocycles. The van der Waals surface area contributed by atoms with Crippen molar-refractivity contribution in [1.82, 2.24) is 0 Å². The van der Waals surface area contributed by atoms with E-state index in [1.807, 2.05) is 0 Å². The second-order valence-corrected chi connectivity index (χ2v) is 17.4. The number of hydrogen-bond donors (Lipinski definition) is 0. The molecule has 0 saturated heterocycles. The summed E-state index contributed by atoms with van der Waals surface area (Å²) < 4.78 is 16.8. The molecule has 0 radical (unpaired) electrons. The Hall–Kier alpha value is -3.41. The van der Waals surface area contributed by atoms with E-state index in [1.54, 1.807) is 0 Å². The number of carbonyl (C=O) groups is 3. The molecule has 0 fully saturated rings. The lowest BCUT2D eigenvalue weighted by Crippen LogP contribution is -2.30. The van der Waals surface area contributed by atoms with Gasteiger partial charge in [0.25, 0.3) is 0 Å². The molecule has 0 saturated carbocycles. The fraction of sp³-hybridized carbons (Fsp3) is 0.707. The minimum atomic E-state index is -0.803. The zero-order chi connectivity index (χ0) is 46.5. The SMILES string of the molecule is CC/C=C\C/C=C\C/C=C\C/C=C\CCCCCC(=O)OC(COC(=O)CCCCCCC/C=C\C=C/CCCCCCCCC)COC(=O)CCCCCCC/C=C\CCCCC. The zero-order valence-corrected chi connectivity index (χ0v) is 41.8. The van der Waals surface area contributed by atoms with Crippen LogP contribution >= 0.6 is 0 Å². The Bertz CT molecular complexity index is 1250. The predicted octanol–water partition coefficient (Wildman–Crippen LogP) is 17.6. The van der Waals surface area contributed by atoms with Crippen molar-refractivity contribution in [2.45, 2.75) is 252 Å². The predicted molar refractivity (Wildman–Crippen MR) is 274 cm³/mol. The monoisotopic (exact) mass is 891 g/mol. The van der Waals surface area contributed by atoms with E-state index < -0.39 is 6.10 Å². The van der Waals surface area contributed by atoms with Gasteiger partial charge in [-0.3, -0.25) is 14.4 Å². The summed E-state index contributed by atoms with van der Waals surface area (Å²) in [4.78, 5) is 38.0. The van der Waals surface area contributed by atoms with E-state index >= 15 is 0 Å². The van der Waals surface area contributed by atoms with Crippen molar-refractivity contribution in [3.8, 4) is 0 Å². The van der Waals surface area contributed by atoms with Gasteiger partial charge in [-0.25, -0.2) is 0 Å². The van der Waals surface area contributed by atoms with Crippen LogP contribution in [0, 0.1) is 0 Å². The third-order valence-electron chi connectivity index (χ3n) is 11.1. The summed E-state index contributed by atoms with van der Waals surface area (Å²) in [6, 6.07) is 0. The number of carbonyl (C=O) groups excluding carboxylic acids is 3. The average molecular weight is 891 g/mol. The highest BCUT2D eigenvalue weighted by molar-refractivity contribution is 5.71. The van der Waals surface area contributed by atoms with E-state index in [0.717, 1.165) is 122 Å². The lowest BCUT2D eigenvalue weighted by Gasteiger charge is -2.18. The Morgan fingerprint density at radius 2 is 0.656 bits per heavy atom. The van der Waals surface area contributed by atoms with E-state index in [-0.39, 0.29) is 37.5 Å². The quantitative estimate of drug-likeness (QED) is 0.0199. The topological polar surface area (TPSA) is 78.9 Å². The first-order chi connectivity index (χ1) is 31.5. The molecule has 366 valence electrons. The fourth-order valence-electron chi connectivity index (χ4n) is 7.12. The Labute approximate surface area is 395 Å². The second-order valence-electron chi connectivity index (χ2n) is 17.4. The molecule has 0 amide bonds. The molecule has 0 spiro atoms. The van der Waals surface area contributed by atoms with Crippen LogP contribution in [0.3, 0.4) is 0 Å². The first kappa shape index (κ1) is 60.6. The van der Waals surface area contributed by atoms with E-state index in [9.17, 15) is 14.4 Å². The normalized spacial score (nSPS) is 12.7. The highest BCUT2D eigenvalue weighted by Gasteiger charge is 2.19. The molecule has 0 rings (SSSR count). The van der Waals surface area contributed by atoms with Crippen LogP contribution in [0.25, 0.3) is 0 Å². The molecule has 1 unspecified atom stereocenters. The number of unbranched alkanes of at least 4 members (excludes halogenated alkanes) is 23. The molecule has 0 aliphatic rings. The highest BCUT2D eigenvalue weighted by atomic mass is 16.6. The summed E-state index contributed by atoms with van der Waals surface area (Å²) in [5.41, 5.74) is 0. The standard InChI is InChI=1S/C58H98O6/c1-4-7-10-13-16-19-22-25-27-29-30-32-33-36-39-42-45-48-51-57(60)63-54-55(53-62-56(59)50-47-44-41-38-35-24-21-18-15-12-9-6-3)64-58(61)52-49-46-43-40-37-34-31-28-26-23-20-17-14-11-8-5-2/h8,11,17-18,20-21,26-30,32,34,37,55H,4-7,9-10,12-16,19,22-25,31,33,35-36,38-54H2,1-3H3/b11-8-,20-17-,21-18-,28-26-,29-27-,32-30-,37-34-. The third kappa shape index (κ3) is 49.6. The summed E-state index contributed by atoms with van der Waals surface area (Å²) in [6.45, 7) is 6.45. The van der Waals surface area contributed by atoms with Gasteiger partial charge >= 0.3 is 17.9 Å². The summed E-state index contributed by atoms with van der Waals surface area (Å²) in [5.74, 6) is -0.955. The van der Waals surface area contributed by atoms with Crippen molar-refractivity contribution >= 4 is 17.9 Å². The van der Waals surface area contributed by atoms with Crippen molar-refractivity contribution in [3.05, 3.63) is 85.1 Å². The van der Waals surface area contributed by atoms with Gasteiger partial charge in [-0.1, -0.05) is 202 Å². The lowest BCUT2D eigenvalue weighted by molar-refractivity contribution is -0.167. The first-order valence-corrected chi connectivity index (χ1v) is 26.6. The molecule has 0 N–H and O–H groups in total. The number of allylic oxidation sites excluding steroid dienone is 14. The van der Waals surface area contributed by atoms with Crippen LogP contribution in [0.5, 0.6) is 0 Å². The molecule has 1 atom stereocenters. The highest BCUT2D eigenvalue weighted by Crippen LogP contribution is 2.13. The van der Waals surface area contributed by atoms with E-state index in [1.165, 1.54) is 83.5 Å². The van der Waals surface area contributed by atoms with Gasteiger partial charge in [0.2, 0.25) is 0 Å². The Morgan fingerprint density at radius 1 is 0.344 bits per heavy atom. The maximum absolute atomic E-state index is 12.8. The van der Waals surface area contributed by atoms with Gasteiger partial charge in [0.05, 0.1) is 0 Å². The van der Waals surface area contributed by atoms with Gasteiger partial charge < -0.3 is 14.2 Å². The smallest absolute Gasteiger partial charge is 0.306 e. The molecule has 0 aliphatic heterocycles. The van der Waals surface area contributed by atoms with Gasteiger partial charge in [-0.05, 0) is 109 Å². The van der Waals surface area contributed by atoms with Gasteiger partial charge in [0.15, 0.2) is 6.10 Å². The van der Waals surface area contributed by atoms with Crippen molar-refractivity contribution in [1.29, 1.82) is 0 Å². The number of ether oxygens (including phenoxy) is 3. The molecule has 0 aliphatic carbocycles. The molecule has 64 heavy (non-hydrogen) atoms. The average Bonchev–Trinajstić information content (AvgIpc) is 3.29. The maximum atomic E-state index is 12.8. The number of esters is 3. The molecule has 6 heteroatoms. The van der Waals surface area contributed by atoms with Crippen LogP contribution in [0.4, 0.5) is 0 Å². The molecule has 0 aromatic carbocycles. The second kappa shape index (κ2) is 52.2. The summed E-state index contributed by atoms with van der Waals surface area (Å²) >= 11 is 0. The minimum Gasteiger partial charge on any atom is -0.462 e. The van der Waals surface area contributed by atoms with Gasteiger partial charge in [0.1, 0.15) is 13.2 Å². The van der Waals surface area contributed by atoms with Crippen molar-refractivity contribution < 1.29 is 28.6 Å². The maximum Gasteiger partial charge on any atom is 0.306 e. The molecule has 0 bridgehead atoms. The van der Waals surface area contributed by atoms with Crippen molar-refractivity contribution in [2.75, 3.05) is 13.2 Å². The van der Waals surface area contributed by atoms with Gasteiger partial charge in [0, 0.05) is 19.3 Å². The lowest BCUT2D eigenvalue weighted by atomic mass is 10.1. The first-order valence-electron chi connectivity index (χ1n) is 26.6. The Morgan fingerprint density at radius 3 is 1.11 bits per heavy atom. The Kier molecular flexibility index (Phi) is 49.4. The van der Waals surface area contributed by atoms with Crippen LogP contribution in [-0.4, -0.2) is 37.2 Å². The largest absolute Gasteiger partial charge is 0.462 e. The van der Waals surface area contributed by atoms with Crippen LogP contribution in [0.2, 0.25) is 0 Å². The van der Waals surface area contributed by atoms with E-state index in [2.05, 4.69) is 106 Å². The van der Waals surface area contributed by atoms with E-state index in [4.69, 9.17) is 14.2 Å². The number of hydrogen-bond acceptors (Lipinski definition) is 6. The van der Waals surface area contributed by atoms with Gasteiger partial charge in [-0.15, -0.1) is 0 Å². The summed E-state index contributed by atoms with van der Waals surface area (Å²) in [7, 11) is 0. The van der Waals surface area contributed by atoms with Crippen molar-refractivity contribution in [2.24, 2.45) is 0 Å². The molecule has 0 aromatic heterocycles.